The number of hydrogen-bond donors (Lipinski definition) is 1. The third-order valence-corrected chi connectivity index (χ3v) is 2.56. The highest BCUT2D eigenvalue weighted by Crippen LogP contribution is 2.32. The van der Waals surface area contributed by atoms with E-state index < -0.39 is 0 Å². The van der Waals surface area contributed by atoms with Gasteiger partial charge in [0.25, 0.3) is 0 Å². The van der Waals surface area contributed by atoms with Gasteiger partial charge in [0, 0.05) is 5.25 Å². The summed E-state index contributed by atoms with van der Waals surface area (Å²) < 4.78 is 5.10. The van der Waals surface area contributed by atoms with E-state index in [9.17, 15) is 0 Å². The van der Waals surface area contributed by atoms with Crippen molar-refractivity contribution in [2.24, 2.45) is 0 Å². The number of ether oxygens (including phenoxy) is 1. The maximum absolute atomic E-state index is 5.99. The highest BCUT2D eigenvalue weighted by atomic mass is 35.5. The number of rotatable bonds is 2. The van der Waals surface area contributed by atoms with Crippen LogP contribution in [0.15, 0.2) is 12.1 Å². The van der Waals surface area contributed by atoms with Crippen molar-refractivity contribution in [2.75, 3.05) is 7.11 Å². The fourth-order valence-electron chi connectivity index (χ4n) is 1.28. The standard InChI is InChI=1S/C10H13ClOS/c1-6-4-10(12-3)9(11)5-8(6)7(2)13/h4-5,7,13H,1-3H3. The molecular weight excluding hydrogens is 204 g/mol. The third kappa shape index (κ3) is 2.32. The minimum absolute atomic E-state index is 0.198. The first-order chi connectivity index (χ1) is 6.06. The average molecular weight is 217 g/mol. The van der Waals surface area contributed by atoms with E-state index in [1.807, 2.05) is 26.0 Å². The number of aryl methyl sites for hydroxylation is 1. The molecule has 0 spiro atoms. The van der Waals surface area contributed by atoms with Gasteiger partial charge in [0.1, 0.15) is 5.75 Å². The molecule has 0 heterocycles. The first-order valence-corrected chi connectivity index (χ1v) is 4.97. The monoisotopic (exact) mass is 216 g/mol. The molecule has 13 heavy (non-hydrogen) atoms. The molecule has 0 amide bonds. The molecule has 0 aromatic heterocycles. The molecule has 0 bridgehead atoms. The van der Waals surface area contributed by atoms with E-state index in [1.54, 1.807) is 7.11 Å². The molecular formula is C10H13ClOS. The molecule has 0 saturated carbocycles. The zero-order valence-corrected chi connectivity index (χ0v) is 9.62. The van der Waals surface area contributed by atoms with E-state index >= 15 is 0 Å². The molecule has 3 heteroatoms. The Balaban J connectivity index is 3.20. The molecule has 0 aliphatic rings. The molecule has 0 saturated heterocycles. The zero-order valence-electron chi connectivity index (χ0n) is 7.97. The van der Waals surface area contributed by atoms with Crippen LogP contribution < -0.4 is 4.74 Å². The van der Waals surface area contributed by atoms with E-state index in [0.717, 1.165) is 16.9 Å². The van der Waals surface area contributed by atoms with E-state index in [-0.39, 0.29) is 5.25 Å². The summed E-state index contributed by atoms with van der Waals surface area (Å²) in [4.78, 5) is 0. The molecule has 0 N–H and O–H groups in total. The van der Waals surface area contributed by atoms with Crippen molar-refractivity contribution in [1.29, 1.82) is 0 Å². The number of hydrogen-bond acceptors (Lipinski definition) is 2. The molecule has 0 aliphatic carbocycles. The zero-order chi connectivity index (χ0) is 10.0. The summed E-state index contributed by atoms with van der Waals surface area (Å²) in [5, 5.41) is 0.840. The predicted molar refractivity (Wildman–Crippen MR) is 60.1 cm³/mol. The van der Waals surface area contributed by atoms with E-state index in [1.165, 1.54) is 0 Å². The Labute approximate surface area is 89.5 Å². The molecule has 0 fully saturated rings. The van der Waals surface area contributed by atoms with Gasteiger partial charge in [-0.05, 0) is 37.1 Å². The second kappa shape index (κ2) is 4.25. The van der Waals surface area contributed by atoms with Crippen molar-refractivity contribution >= 4 is 24.2 Å². The van der Waals surface area contributed by atoms with E-state index in [4.69, 9.17) is 16.3 Å². The van der Waals surface area contributed by atoms with Crippen LogP contribution in [0, 0.1) is 6.92 Å². The minimum Gasteiger partial charge on any atom is -0.495 e. The quantitative estimate of drug-likeness (QED) is 0.743. The molecule has 1 unspecified atom stereocenters. The van der Waals surface area contributed by atoms with Crippen molar-refractivity contribution in [3.8, 4) is 5.75 Å². The fourth-order valence-corrected chi connectivity index (χ4v) is 1.80. The summed E-state index contributed by atoms with van der Waals surface area (Å²) in [6.45, 7) is 4.05. The van der Waals surface area contributed by atoms with Crippen molar-refractivity contribution < 1.29 is 4.74 Å². The van der Waals surface area contributed by atoms with Crippen molar-refractivity contribution in [1.82, 2.24) is 0 Å². The van der Waals surface area contributed by atoms with Crippen LogP contribution in [0.2, 0.25) is 5.02 Å². The van der Waals surface area contributed by atoms with Crippen LogP contribution in [-0.2, 0) is 0 Å². The van der Waals surface area contributed by atoms with E-state index in [2.05, 4.69) is 12.6 Å². The number of halogens is 1. The van der Waals surface area contributed by atoms with Gasteiger partial charge < -0.3 is 4.74 Å². The van der Waals surface area contributed by atoms with Gasteiger partial charge in [0.15, 0.2) is 0 Å². The second-order valence-electron chi connectivity index (χ2n) is 3.02. The highest BCUT2D eigenvalue weighted by Gasteiger charge is 2.08. The number of thiol groups is 1. The first kappa shape index (κ1) is 10.7. The third-order valence-electron chi connectivity index (χ3n) is 1.99. The maximum Gasteiger partial charge on any atom is 0.137 e. The van der Waals surface area contributed by atoms with Gasteiger partial charge in [0.05, 0.1) is 12.1 Å². The molecule has 72 valence electrons. The Morgan fingerprint density at radius 1 is 1.46 bits per heavy atom. The summed E-state index contributed by atoms with van der Waals surface area (Å²) >= 11 is 10.4. The topological polar surface area (TPSA) is 9.23 Å². The van der Waals surface area contributed by atoms with E-state index in [0.29, 0.717) is 5.02 Å². The number of benzene rings is 1. The summed E-state index contributed by atoms with van der Waals surface area (Å²) in [5.74, 6) is 0.719. The molecule has 1 atom stereocenters. The van der Waals surface area contributed by atoms with Crippen LogP contribution in [0.25, 0.3) is 0 Å². The Kier molecular flexibility index (Phi) is 3.51. The SMILES string of the molecule is COc1cc(C)c(C(C)S)cc1Cl. The smallest absolute Gasteiger partial charge is 0.137 e. The Hall–Kier alpha value is -0.340. The summed E-state index contributed by atoms with van der Waals surface area (Å²) in [5.41, 5.74) is 2.30. The van der Waals surface area contributed by atoms with Crippen LogP contribution in [0.1, 0.15) is 23.3 Å². The molecule has 1 aromatic rings. The molecule has 0 radical (unpaired) electrons. The lowest BCUT2D eigenvalue weighted by Gasteiger charge is -2.12. The number of methoxy groups -OCH3 is 1. The van der Waals surface area contributed by atoms with Gasteiger partial charge in [-0.2, -0.15) is 12.6 Å². The van der Waals surface area contributed by atoms with Crippen molar-refractivity contribution in [3.05, 3.63) is 28.3 Å². The van der Waals surface area contributed by atoms with Crippen LogP contribution >= 0.6 is 24.2 Å². The van der Waals surface area contributed by atoms with Crippen LogP contribution in [0.5, 0.6) is 5.75 Å². The van der Waals surface area contributed by atoms with Crippen LogP contribution in [0.3, 0.4) is 0 Å². The largest absolute Gasteiger partial charge is 0.495 e. The van der Waals surface area contributed by atoms with Crippen molar-refractivity contribution in [3.63, 3.8) is 0 Å². The van der Waals surface area contributed by atoms with Gasteiger partial charge in [-0.25, -0.2) is 0 Å². The lowest BCUT2D eigenvalue weighted by atomic mass is 10.1. The summed E-state index contributed by atoms with van der Waals surface area (Å²) in [6.07, 6.45) is 0. The van der Waals surface area contributed by atoms with Gasteiger partial charge in [0.2, 0.25) is 0 Å². The lowest BCUT2D eigenvalue weighted by molar-refractivity contribution is 0.414. The predicted octanol–water partition coefficient (Wildman–Crippen LogP) is 3.65. The minimum atomic E-state index is 0.198. The molecule has 1 rings (SSSR count). The Bertz CT molecular complexity index is 310. The molecule has 1 nitrogen and oxygen atoms in total. The summed E-state index contributed by atoms with van der Waals surface area (Å²) in [6, 6.07) is 3.85. The Morgan fingerprint density at radius 2 is 2.08 bits per heavy atom. The Morgan fingerprint density at radius 3 is 2.54 bits per heavy atom. The van der Waals surface area contributed by atoms with Gasteiger partial charge in [-0.15, -0.1) is 0 Å². The van der Waals surface area contributed by atoms with Gasteiger partial charge in [-0.3, -0.25) is 0 Å². The average Bonchev–Trinajstić information content (AvgIpc) is 2.07. The second-order valence-corrected chi connectivity index (χ2v) is 4.20. The lowest BCUT2D eigenvalue weighted by Crippen LogP contribution is -1.92. The van der Waals surface area contributed by atoms with Crippen LogP contribution in [-0.4, -0.2) is 7.11 Å². The first-order valence-electron chi connectivity index (χ1n) is 4.08. The molecule has 0 aliphatic heterocycles. The fraction of sp³-hybridized carbons (Fsp3) is 0.400. The van der Waals surface area contributed by atoms with Gasteiger partial charge in [-0.1, -0.05) is 11.6 Å². The van der Waals surface area contributed by atoms with Gasteiger partial charge >= 0.3 is 0 Å². The summed E-state index contributed by atoms with van der Waals surface area (Å²) in [7, 11) is 1.62. The van der Waals surface area contributed by atoms with Crippen LogP contribution in [0.4, 0.5) is 0 Å². The highest BCUT2D eigenvalue weighted by molar-refractivity contribution is 7.80. The molecule has 1 aromatic carbocycles. The maximum atomic E-state index is 5.99. The van der Waals surface area contributed by atoms with Crippen molar-refractivity contribution in [2.45, 2.75) is 19.1 Å². The normalized spacial score (nSPS) is 12.7.